The highest BCUT2D eigenvalue weighted by Crippen LogP contribution is 2.33. The van der Waals surface area contributed by atoms with E-state index in [2.05, 4.69) is 10.3 Å². The number of benzene rings is 1. The van der Waals surface area contributed by atoms with Crippen LogP contribution in [-0.2, 0) is 6.18 Å². The van der Waals surface area contributed by atoms with E-state index in [1.165, 1.54) is 11.3 Å². The van der Waals surface area contributed by atoms with Crippen LogP contribution in [0.3, 0.4) is 0 Å². The minimum atomic E-state index is -4.85. The van der Waals surface area contributed by atoms with E-state index in [1.807, 2.05) is 13.8 Å². The molecule has 0 bridgehead atoms. The van der Waals surface area contributed by atoms with E-state index in [4.69, 9.17) is 0 Å². The molecular weight excluding hydrogens is 320 g/mol. The number of aromatic nitrogens is 1. The van der Waals surface area contributed by atoms with Crippen molar-refractivity contribution < 1.29 is 22.4 Å². The minimum absolute atomic E-state index is 0.202. The first kappa shape index (κ1) is 16.4. The number of hydrogen-bond donors (Lipinski definition) is 1. The van der Waals surface area contributed by atoms with Gasteiger partial charge in [0.25, 0.3) is 5.91 Å². The highest BCUT2D eigenvalue weighted by molar-refractivity contribution is 7.15. The van der Waals surface area contributed by atoms with Gasteiger partial charge in [0.1, 0.15) is 5.82 Å². The van der Waals surface area contributed by atoms with Crippen LogP contribution in [0.5, 0.6) is 0 Å². The molecule has 0 atom stereocenters. The smallest absolute Gasteiger partial charge is 0.298 e. The molecule has 0 aliphatic rings. The first-order valence-corrected chi connectivity index (χ1v) is 7.14. The lowest BCUT2D eigenvalue weighted by Gasteiger charge is -2.10. The first-order chi connectivity index (χ1) is 10.2. The third kappa shape index (κ3) is 3.44. The molecule has 0 spiro atoms. The van der Waals surface area contributed by atoms with Crippen molar-refractivity contribution in [1.29, 1.82) is 0 Å². The van der Waals surface area contributed by atoms with Crippen LogP contribution in [0.2, 0.25) is 0 Å². The number of amides is 1. The van der Waals surface area contributed by atoms with Gasteiger partial charge in [0, 0.05) is 11.1 Å². The molecule has 1 aromatic carbocycles. The Morgan fingerprint density at radius 1 is 1.32 bits per heavy atom. The van der Waals surface area contributed by atoms with Gasteiger partial charge in [0.15, 0.2) is 5.13 Å². The molecule has 0 saturated carbocycles. The Morgan fingerprint density at radius 3 is 2.55 bits per heavy atom. The molecule has 1 aromatic heterocycles. The van der Waals surface area contributed by atoms with Crippen molar-refractivity contribution in [2.45, 2.75) is 25.9 Å². The third-order valence-corrected chi connectivity index (χ3v) is 4.08. The minimum Gasteiger partial charge on any atom is -0.298 e. The number of halogens is 4. The molecule has 2 aromatic rings. The van der Waals surface area contributed by atoms with Gasteiger partial charge in [-0.3, -0.25) is 10.1 Å². The van der Waals surface area contributed by atoms with E-state index in [0.29, 0.717) is 6.07 Å². The largest absolute Gasteiger partial charge is 0.419 e. The third-order valence-electron chi connectivity index (χ3n) is 2.86. The molecule has 8 heteroatoms. The zero-order valence-electron chi connectivity index (χ0n) is 11.7. The zero-order chi connectivity index (χ0) is 16.5. The predicted molar refractivity (Wildman–Crippen MR) is 75.6 cm³/mol. The summed E-state index contributed by atoms with van der Waals surface area (Å²) < 4.78 is 51.7. The maximum absolute atomic E-state index is 13.9. The maximum atomic E-state index is 13.9. The molecule has 0 aliphatic heterocycles. The Bertz CT molecular complexity index is 694. The maximum Gasteiger partial charge on any atom is 0.419 e. The molecule has 1 heterocycles. The Balaban J connectivity index is 2.26. The van der Waals surface area contributed by atoms with Gasteiger partial charge >= 0.3 is 6.18 Å². The number of nitrogens with zero attached hydrogens (tertiary/aromatic N) is 1. The quantitative estimate of drug-likeness (QED) is 0.830. The predicted octanol–water partition coefficient (Wildman–Crippen LogP) is 4.68. The van der Waals surface area contributed by atoms with E-state index in [9.17, 15) is 22.4 Å². The number of carbonyl (C=O) groups is 1. The van der Waals surface area contributed by atoms with Gasteiger partial charge in [-0.05, 0) is 18.1 Å². The second kappa shape index (κ2) is 6.04. The topological polar surface area (TPSA) is 42.0 Å². The van der Waals surface area contributed by atoms with Crippen LogP contribution >= 0.6 is 11.3 Å². The fourth-order valence-electron chi connectivity index (χ4n) is 1.70. The monoisotopic (exact) mass is 332 g/mol. The van der Waals surface area contributed by atoms with Crippen LogP contribution in [0, 0.1) is 5.82 Å². The molecule has 0 saturated heterocycles. The van der Waals surface area contributed by atoms with Crippen molar-refractivity contribution in [2.24, 2.45) is 0 Å². The van der Waals surface area contributed by atoms with Crippen molar-refractivity contribution in [3.05, 3.63) is 46.2 Å². The van der Waals surface area contributed by atoms with Gasteiger partial charge in [-0.15, -0.1) is 11.3 Å². The first-order valence-electron chi connectivity index (χ1n) is 6.33. The van der Waals surface area contributed by atoms with Gasteiger partial charge < -0.3 is 0 Å². The van der Waals surface area contributed by atoms with Crippen molar-refractivity contribution in [2.75, 3.05) is 5.32 Å². The number of thiazole rings is 1. The fourth-order valence-corrected chi connectivity index (χ4v) is 2.52. The van der Waals surface area contributed by atoms with Crippen LogP contribution in [0.1, 0.15) is 40.6 Å². The Morgan fingerprint density at radius 2 is 2.00 bits per heavy atom. The summed E-state index contributed by atoms with van der Waals surface area (Å²) in [5.74, 6) is -2.35. The second-order valence-corrected chi connectivity index (χ2v) is 5.90. The second-order valence-electron chi connectivity index (χ2n) is 4.84. The average molecular weight is 332 g/mol. The van der Waals surface area contributed by atoms with Crippen molar-refractivity contribution in [1.82, 2.24) is 4.98 Å². The molecule has 0 fully saturated rings. The molecule has 0 radical (unpaired) electrons. The normalized spacial score (nSPS) is 11.8. The van der Waals surface area contributed by atoms with Gasteiger partial charge in [-0.2, -0.15) is 13.2 Å². The summed E-state index contributed by atoms with van der Waals surface area (Å²) in [6.07, 6.45) is -3.29. The molecule has 3 nitrogen and oxygen atoms in total. The van der Waals surface area contributed by atoms with E-state index in [1.54, 1.807) is 6.20 Å². The van der Waals surface area contributed by atoms with Gasteiger partial charge in [0.05, 0.1) is 11.1 Å². The van der Waals surface area contributed by atoms with Crippen LogP contribution in [0.4, 0.5) is 22.7 Å². The van der Waals surface area contributed by atoms with Gasteiger partial charge in [-0.25, -0.2) is 9.37 Å². The number of anilines is 1. The van der Waals surface area contributed by atoms with E-state index in [0.717, 1.165) is 17.0 Å². The average Bonchev–Trinajstić information content (AvgIpc) is 2.86. The molecule has 1 N–H and O–H groups in total. The molecular formula is C14H12F4N2OS. The summed E-state index contributed by atoms with van der Waals surface area (Å²) >= 11 is 1.19. The lowest BCUT2D eigenvalue weighted by molar-refractivity contribution is -0.140. The number of hydrogen-bond acceptors (Lipinski definition) is 3. The lowest BCUT2D eigenvalue weighted by atomic mass is 10.1. The van der Waals surface area contributed by atoms with Crippen LogP contribution in [0.15, 0.2) is 24.4 Å². The highest BCUT2D eigenvalue weighted by Gasteiger charge is 2.35. The SMILES string of the molecule is CC(C)c1cnc(NC(=O)c2cccc(C(F)(F)F)c2F)s1. The fraction of sp³-hybridized carbons (Fsp3) is 0.286. The summed E-state index contributed by atoms with van der Waals surface area (Å²) in [4.78, 5) is 16.8. The van der Waals surface area contributed by atoms with Crippen LogP contribution in [0.25, 0.3) is 0 Å². The van der Waals surface area contributed by atoms with Crippen molar-refractivity contribution in [3.63, 3.8) is 0 Å². The summed E-state index contributed by atoms with van der Waals surface area (Å²) in [6, 6.07) is 2.57. The molecule has 2 rings (SSSR count). The standard InChI is InChI=1S/C14H12F4N2OS/c1-7(2)10-6-19-13(22-10)20-12(21)8-4-3-5-9(11(8)15)14(16,17)18/h3-7H,1-2H3,(H,19,20,21). The van der Waals surface area contributed by atoms with Crippen LogP contribution in [-0.4, -0.2) is 10.9 Å². The van der Waals surface area contributed by atoms with E-state index >= 15 is 0 Å². The van der Waals surface area contributed by atoms with E-state index in [-0.39, 0.29) is 11.0 Å². The zero-order valence-corrected chi connectivity index (χ0v) is 12.5. The molecule has 0 unspecified atom stereocenters. The molecule has 22 heavy (non-hydrogen) atoms. The van der Waals surface area contributed by atoms with Gasteiger partial charge in [-0.1, -0.05) is 19.9 Å². The van der Waals surface area contributed by atoms with Crippen molar-refractivity contribution >= 4 is 22.4 Å². The van der Waals surface area contributed by atoms with Crippen molar-refractivity contribution in [3.8, 4) is 0 Å². The Labute approximate surface area is 128 Å². The highest BCUT2D eigenvalue weighted by atomic mass is 32.1. The number of rotatable bonds is 3. The molecule has 0 aliphatic carbocycles. The lowest BCUT2D eigenvalue weighted by Crippen LogP contribution is -2.17. The Kier molecular flexibility index (Phi) is 4.50. The number of nitrogens with one attached hydrogen (secondary N) is 1. The summed E-state index contributed by atoms with van der Waals surface area (Å²) in [5, 5.41) is 2.53. The number of carbonyl (C=O) groups excluding carboxylic acids is 1. The molecule has 1 amide bonds. The summed E-state index contributed by atoms with van der Waals surface area (Å²) in [5.41, 5.74) is -2.14. The van der Waals surface area contributed by atoms with Gasteiger partial charge in [0.2, 0.25) is 0 Å². The van der Waals surface area contributed by atoms with Crippen LogP contribution < -0.4 is 5.32 Å². The Hall–Kier alpha value is -1.96. The van der Waals surface area contributed by atoms with E-state index < -0.39 is 29.0 Å². The summed E-state index contributed by atoms with van der Waals surface area (Å²) in [7, 11) is 0. The number of alkyl halides is 3. The molecule has 118 valence electrons. The summed E-state index contributed by atoms with van der Waals surface area (Å²) in [6.45, 7) is 3.87.